The summed E-state index contributed by atoms with van der Waals surface area (Å²) in [4.78, 5) is 11.7. The van der Waals surface area contributed by atoms with Crippen LogP contribution in [0.5, 0.6) is 5.75 Å². The van der Waals surface area contributed by atoms with Crippen LogP contribution in [0.3, 0.4) is 0 Å². The molecule has 0 saturated carbocycles. The number of rotatable bonds is 1. The maximum absolute atomic E-state index is 11.7. The molecule has 0 atom stereocenters. The number of pyridine rings is 1. The molecule has 0 aliphatic carbocycles. The van der Waals surface area contributed by atoms with Crippen LogP contribution in [-0.4, -0.2) is 11.8 Å². The smallest absolute Gasteiger partial charge is 0.278 e. The zero-order chi connectivity index (χ0) is 11.0. The molecule has 1 heterocycles. The zero-order valence-electron chi connectivity index (χ0n) is 8.23. The SMILES string of the molecule is COc1ccc2c(=O)n(N)c(N)cc2c1. The summed E-state index contributed by atoms with van der Waals surface area (Å²) >= 11 is 0. The van der Waals surface area contributed by atoms with E-state index in [4.69, 9.17) is 16.3 Å². The average Bonchev–Trinajstić information content (AvgIpc) is 2.25. The van der Waals surface area contributed by atoms with E-state index in [0.717, 1.165) is 10.1 Å². The topological polar surface area (TPSA) is 83.3 Å². The number of nitrogens with zero attached hydrogens (tertiary/aromatic N) is 1. The molecule has 0 aliphatic heterocycles. The summed E-state index contributed by atoms with van der Waals surface area (Å²) < 4.78 is 5.98. The molecule has 78 valence electrons. The molecular weight excluding hydrogens is 194 g/mol. The van der Waals surface area contributed by atoms with Crippen molar-refractivity contribution in [1.29, 1.82) is 0 Å². The van der Waals surface area contributed by atoms with Gasteiger partial charge in [0.25, 0.3) is 5.56 Å². The molecule has 15 heavy (non-hydrogen) atoms. The van der Waals surface area contributed by atoms with Gasteiger partial charge in [-0.05, 0) is 29.7 Å². The minimum Gasteiger partial charge on any atom is -0.497 e. The van der Waals surface area contributed by atoms with Crippen LogP contribution in [-0.2, 0) is 0 Å². The number of nitrogens with two attached hydrogens (primary N) is 2. The van der Waals surface area contributed by atoms with Crippen LogP contribution in [0.25, 0.3) is 10.8 Å². The summed E-state index contributed by atoms with van der Waals surface area (Å²) in [5, 5.41) is 1.24. The highest BCUT2D eigenvalue weighted by molar-refractivity contribution is 5.85. The van der Waals surface area contributed by atoms with Gasteiger partial charge in [-0.25, -0.2) is 4.68 Å². The largest absolute Gasteiger partial charge is 0.497 e. The summed E-state index contributed by atoms with van der Waals surface area (Å²) in [5.41, 5.74) is 5.26. The van der Waals surface area contributed by atoms with Gasteiger partial charge in [-0.1, -0.05) is 0 Å². The summed E-state index contributed by atoms with van der Waals surface area (Å²) in [6.07, 6.45) is 0. The van der Waals surface area contributed by atoms with E-state index < -0.39 is 0 Å². The normalized spacial score (nSPS) is 10.5. The van der Waals surface area contributed by atoms with Gasteiger partial charge in [0.05, 0.1) is 7.11 Å². The molecule has 0 fully saturated rings. The number of fused-ring (bicyclic) bond motifs is 1. The molecule has 2 rings (SSSR count). The Hall–Kier alpha value is -2.17. The number of methoxy groups -OCH3 is 1. The highest BCUT2D eigenvalue weighted by Crippen LogP contribution is 2.19. The van der Waals surface area contributed by atoms with Crippen LogP contribution in [0.4, 0.5) is 5.82 Å². The van der Waals surface area contributed by atoms with Crippen LogP contribution in [0.1, 0.15) is 0 Å². The van der Waals surface area contributed by atoms with Crippen LogP contribution in [0, 0.1) is 0 Å². The first-order chi connectivity index (χ1) is 7.13. The van der Waals surface area contributed by atoms with Gasteiger partial charge in [-0.2, -0.15) is 0 Å². The predicted octanol–water partition coefficient (Wildman–Crippen LogP) is 0.306. The average molecular weight is 205 g/mol. The number of hydrogen-bond donors (Lipinski definition) is 2. The third-order valence-corrected chi connectivity index (χ3v) is 2.29. The maximum Gasteiger partial charge on any atom is 0.278 e. The van der Waals surface area contributed by atoms with Crippen LogP contribution in [0.2, 0.25) is 0 Å². The van der Waals surface area contributed by atoms with Gasteiger partial charge in [0.2, 0.25) is 0 Å². The monoisotopic (exact) mass is 205 g/mol. The van der Waals surface area contributed by atoms with E-state index in [-0.39, 0.29) is 11.4 Å². The van der Waals surface area contributed by atoms with E-state index in [2.05, 4.69) is 0 Å². The standard InChI is InChI=1S/C10H11N3O2/c1-15-7-2-3-8-6(4-7)5-9(11)13(12)10(8)14/h2-5H,11-12H2,1H3. The molecule has 1 aromatic heterocycles. The second-order valence-corrected chi connectivity index (χ2v) is 3.20. The van der Waals surface area contributed by atoms with Crippen molar-refractivity contribution in [2.24, 2.45) is 0 Å². The Balaban J connectivity index is 2.86. The fourth-order valence-corrected chi connectivity index (χ4v) is 1.46. The number of ether oxygens (including phenoxy) is 1. The van der Waals surface area contributed by atoms with Crippen molar-refractivity contribution in [3.8, 4) is 5.75 Å². The number of nitrogen functional groups attached to an aromatic ring is 2. The summed E-state index contributed by atoms with van der Waals surface area (Å²) in [7, 11) is 1.56. The number of hydrogen-bond acceptors (Lipinski definition) is 4. The molecule has 5 nitrogen and oxygen atoms in total. The Kier molecular flexibility index (Phi) is 2.00. The van der Waals surface area contributed by atoms with Crippen molar-refractivity contribution in [3.63, 3.8) is 0 Å². The zero-order valence-corrected chi connectivity index (χ0v) is 8.23. The number of aromatic nitrogens is 1. The fourth-order valence-electron chi connectivity index (χ4n) is 1.46. The van der Waals surface area contributed by atoms with Crippen molar-refractivity contribution < 1.29 is 4.74 Å². The molecule has 0 saturated heterocycles. The van der Waals surface area contributed by atoms with E-state index in [9.17, 15) is 4.79 Å². The predicted molar refractivity (Wildman–Crippen MR) is 59.3 cm³/mol. The van der Waals surface area contributed by atoms with Gasteiger partial charge in [0.15, 0.2) is 0 Å². The molecule has 0 unspecified atom stereocenters. The first-order valence-electron chi connectivity index (χ1n) is 4.38. The van der Waals surface area contributed by atoms with E-state index in [1.54, 1.807) is 31.4 Å². The minimum atomic E-state index is -0.312. The van der Waals surface area contributed by atoms with E-state index in [1.807, 2.05) is 0 Å². The summed E-state index contributed by atoms with van der Waals surface area (Å²) in [6, 6.07) is 6.76. The molecule has 0 spiro atoms. The molecule has 0 aliphatic rings. The van der Waals surface area contributed by atoms with Crippen molar-refractivity contribution in [1.82, 2.24) is 4.68 Å². The van der Waals surface area contributed by atoms with Crippen molar-refractivity contribution in [3.05, 3.63) is 34.6 Å². The molecular formula is C10H11N3O2. The van der Waals surface area contributed by atoms with Gasteiger partial charge in [-0.15, -0.1) is 0 Å². The van der Waals surface area contributed by atoms with E-state index in [0.29, 0.717) is 11.1 Å². The highest BCUT2D eigenvalue weighted by Gasteiger charge is 2.05. The Bertz CT molecular complexity index is 575. The summed E-state index contributed by atoms with van der Waals surface area (Å²) in [5.74, 6) is 6.37. The van der Waals surface area contributed by atoms with Crippen LogP contribution in [0.15, 0.2) is 29.1 Å². The molecule has 0 bridgehead atoms. The first kappa shape index (κ1) is 9.39. The molecule has 5 heteroatoms. The first-order valence-corrected chi connectivity index (χ1v) is 4.38. The number of benzene rings is 1. The van der Waals surface area contributed by atoms with Gasteiger partial charge in [0.1, 0.15) is 11.6 Å². The lowest BCUT2D eigenvalue weighted by Gasteiger charge is -2.06. The van der Waals surface area contributed by atoms with Gasteiger partial charge < -0.3 is 16.3 Å². The molecule has 0 amide bonds. The minimum absolute atomic E-state index is 0.223. The third-order valence-electron chi connectivity index (χ3n) is 2.29. The number of anilines is 1. The molecule has 0 radical (unpaired) electrons. The van der Waals surface area contributed by atoms with Crippen LogP contribution < -0.4 is 21.9 Å². The van der Waals surface area contributed by atoms with Gasteiger partial charge in [-0.3, -0.25) is 4.79 Å². The van der Waals surface area contributed by atoms with Crippen molar-refractivity contribution in [2.75, 3.05) is 18.7 Å². The highest BCUT2D eigenvalue weighted by atomic mass is 16.5. The molecule has 1 aromatic carbocycles. The summed E-state index contributed by atoms with van der Waals surface area (Å²) in [6.45, 7) is 0. The second-order valence-electron chi connectivity index (χ2n) is 3.20. The second kappa shape index (κ2) is 3.20. The lowest BCUT2D eigenvalue weighted by atomic mass is 10.1. The Labute approximate surface area is 85.8 Å². The Morgan fingerprint density at radius 2 is 2.07 bits per heavy atom. The fraction of sp³-hybridized carbons (Fsp3) is 0.100. The molecule has 2 aromatic rings. The quantitative estimate of drug-likeness (QED) is 0.656. The maximum atomic E-state index is 11.7. The van der Waals surface area contributed by atoms with E-state index >= 15 is 0 Å². The van der Waals surface area contributed by atoms with Crippen molar-refractivity contribution in [2.45, 2.75) is 0 Å². The third kappa shape index (κ3) is 1.38. The molecule has 4 N–H and O–H groups in total. The van der Waals surface area contributed by atoms with Crippen molar-refractivity contribution >= 4 is 16.6 Å². The lowest BCUT2D eigenvalue weighted by molar-refractivity contribution is 0.415. The van der Waals surface area contributed by atoms with E-state index in [1.165, 1.54) is 0 Å². The lowest BCUT2D eigenvalue weighted by Crippen LogP contribution is -2.29. The Morgan fingerprint density at radius 3 is 2.73 bits per heavy atom. The van der Waals surface area contributed by atoms with Gasteiger partial charge >= 0.3 is 0 Å². The Morgan fingerprint density at radius 1 is 1.33 bits per heavy atom. The van der Waals surface area contributed by atoms with Gasteiger partial charge in [0, 0.05) is 5.39 Å². The van der Waals surface area contributed by atoms with Crippen LogP contribution >= 0.6 is 0 Å².